The van der Waals surface area contributed by atoms with Gasteiger partial charge < -0.3 is 4.57 Å². The van der Waals surface area contributed by atoms with E-state index in [1.54, 1.807) is 23.9 Å². The molecule has 0 amide bonds. The Balaban J connectivity index is 1.65. The summed E-state index contributed by atoms with van der Waals surface area (Å²) >= 11 is 1.55. The average molecular weight is 408 g/mol. The Kier molecular flexibility index (Phi) is 4.68. The molecule has 9 nitrogen and oxygen atoms in total. The summed E-state index contributed by atoms with van der Waals surface area (Å²) in [6.07, 6.45) is 2.24. The van der Waals surface area contributed by atoms with Crippen LogP contribution in [0, 0.1) is 0 Å². The zero-order valence-electron chi connectivity index (χ0n) is 15.4. The Morgan fingerprint density at radius 3 is 2.74 bits per heavy atom. The van der Waals surface area contributed by atoms with Crippen molar-refractivity contribution in [1.82, 2.24) is 34.1 Å². The molecule has 0 unspecified atom stereocenters. The molecule has 1 aliphatic carbocycles. The van der Waals surface area contributed by atoms with Crippen LogP contribution in [0.5, 0.6) is 0 Å². The van der Waals surface area contributed by atoms with Gasteiger partial charge in [0.15, 0.2) is 0 Å². The minimum atomic E-state index is -3.49. The highest BCUT2D eigenvalue weighted by Crippen LogP contribution is 2.37. The van der Waals surface area contributed by atoms with Gasteiger partial charge in [-0.1, -0.05) is 11.8 Å². The molecule has 1 aliphatic rings. The maximum Gasteiger partial charge on any atom is 0.242 e. The number of aryl methyl sites for hydroxylation is 1. The van der Waals surface area contributed by atoms with E-state index in [1.165, 1.54) is 18.4 Å². The molecule has 0 radical (unpaired) electrons. The van der Waals surface area contributed by atoms with Gasteiger partial charge in [0.25, 0.3) is 0 Å². The number of tetrazole rings is 1. The number of sulfonamides is 1. The van der Waals surface area contributed by atoms with Crippen molar-refractivity contribution in [3.63, 3.8) is 0 Å². The molecule has 0 N–H and O–H groups in total. The number of hydrogen-bond donors (Lipinski definition) is 0. The summed E-state index contributed by atoms with van der Waals surface area (Å²) in [4.78, 5) is 4.94. The van der Waals surface area contributed by atoms with Crippen molar-refractivity contribution in [1.29, 1.82) is 0 Å². The van der Waals surface area contributed by atoms with E-state index in [0.29, 0.717) is 17.3 Å². The van der Waals surface area contributed by atoms with Crippen molar-refractivity contribution >= 4 is 32.8 Å². The molecule has 1 aromatic carbocycles. The van der Waals surface area contributed by atoms with Crippen LogP contribution in [0.3, 0.4) is 0 Å². The first kappa shape index (κ1) is 18.4. The second kappa shape index (κ2) is 6.88. The van der Waals surface area contributed by atoms with E-state index in [0.717, 1.165) is 35.9 Å². The minimum absolute atomic E-state index is 0.248. The molecule has 27 heavy (non-hydrogen) atoms. The second-order valence-electron chi connectivity index (χ2n) is 6.64. The molecule has 0 atom stereocenters. The monoisotopic (exact) mass is 407 g/mol. The number of hydrogen-bond acceptors (Lipinski definition) is 7. The van der Waals surface area contributed by atoms with Crippen molar-refractivity contribution in [2.24, 2.45) is 0 Å². The lowest BCUT2D eigenvalue weighted by Crippen LogP contribution is -2.22. The number of fused-ring (bicyclic) bond motifs is 1. The van der Waals surface area contributed by atoms with E-state index in [9.17, 15) is 8.42 Å². The second-order valence-corrected chi connectivity index (χ2v) is 9.73. The summed E-state index contributed by atoms with van der Waals surface area (Å²) in [5.41, 5.74) is 1.60. The van der Waals surface area contributed by atoms with Crippen molar-refractivity contribution in [2.75, 3.05) is 14.1 Å². The van der Waals surface area contributed by atoms with Gasteiger partial charge in [0.1, 0.15) is 5.82 Å². The van der Waals surface area contributed by atoms with E-state index >= 15 is 0 Å². The SMILES string of the molecule is CCn1c(CSc2nnnn2C2CC2)nc2cc(S(=O)(=O)N(C)C)ccc21. The Morgan fingerprint density at radius 1 is 1.30 bits per heavy atom. The zero-order chi connectivity index (χ0) is 19.2. The van der Waals surface area contributed by atoms with Gasteiger partial charge in [-0.25, -0.2) is 22.4 Å². The zero-order valence-corrected chi connectivity index (χ0v) is 17.0. The molecule has 2 aromatic heterocycles. The van der Waals surface area contributed by atoms with Gasteiger partial charge in [-0.2, -0.15) is 0 Å². The van der Waals surface area contributed by atoms with Gasteiger partial charge in [-0.05, 0) is 48.4 Å². The molecule has 4 rings (SSSR count). The number of benzene rings is 1. The van der Waals surface area contributed by atoms with Crippen LogP contribution in [0.2, 0.25) is 0 Å². The van der Waals surface area contributed by atoms with Crippen LogP contribution >= 0.6 is 11.8 Å². The van der Waals surface area contributed by atoms with Gasteiger partial charge in [-0.3, -0.25) is 0 Å². The molecule has 2 heterocycles. The van der Waals surface area contributed by atoms with Gasteiger partial charge in [0.05, 0.1) is 27.7 Å². The fraction of sp³-hybridized carbons (Fsp3) is 0.500. The van der Waals surface area contributed by atoms with Gasteiger partial charge in [-0.15, -0.1) is 5.10 Å². The highest BCUT2D eigenvalue weighted by Gasteiger charge is 2.28. The number of aromatic nitrogens is 6. The summed E-state index contributed by atoms with van der Waals surface area (Å²) in [6, 6.07) is 5.52. The quantitative estimate of drug-likeness (QED) is 0.552. The standard InChI is InChI=1S/C16H21N7O2S2/c1-4-22-14-8-7-12(27(24,25)21(2)3)9-13(14)17-15(22)10-26-16-18-19-20-23(16)11-5-6-11/h7-9,11H,4-6,10H2,1-3H3. The molecular formula is C16H21N7O2S2. The lowest BCUT2D eigenvalue weighted by molar-refractivity contribution is 0.521. The van der Waals surface area contributed by atoms with Crippen molar-refractivity contribution in [3.05, 3.63) is 24.0 Å². The van der Waals surface area contributed by atoms with Gasteiger partial charge in [0, 0.05) is 20.6 Å². The molecule has 1 saturated carbocycles. The van der Waals surface area contributed by atoms with Crippen LogP contribution in [0.1, 0.15) is 31.6 Å². The van der Waals surface area contributed by atoms with Crippen LogP contribution in [-0.2, 0) is 22.3 Å². The van der Waals surface area contributed by atoms with E-state index < -0.39 is 10.0 Å². The van der Waals surface area contributed by atoms with Crippen LogP contribution < -0.4 is 0 Å². The molecule has 0 spiro atoms. The van der Waals surface area contributed by atoms with E-state index in [2.05, 4.69) is 25.1 Å². The molecule has 3 aromatic rings. The molecule has 11 heteroatoms. The van der Waals surface area contributed by atoms with Crippen molar-refractivity contribution in [3.8, 4) is 0 Å². The van der Waals surface area contributed by atoms with E-state index in [4.69, 9.17) is 0 Å². The van der Waals surface area contributed by atoms with Crippen molar-refractivity contribution < 1.29 is 8.42 Å². The number of imidazole rings is 1. The minimum Gasteiger partial charge on any atom is -0.328 e. The fourth-order valence-electron chi connectivity index (χ4n) is 2.95. The van der Waals surface area contributed by atoms with Crippen LogP contribution in [0.4, 0.5) is 0 Å². The number of rotatable bonds is 7. The molecular weight excluding hydrogens is 386 g/mol. The molecule has 0 aliphatic heterocycles. The summed E-state index contributed by atoms with van der Waals surface area (Å²) in [5, 5.41) is 12.8. The van der Waals surface area contributed by atoms with Gasteiger partial charge >= 0.3 is 0 Å². The first-order chi connectivity index (χ1) is 12.9. The summed E-state index contributed by atoms with van der Waals surface area (Å²) in [6.45, 7) is 2.80. The molecule has 1 fully saturated rings. The predicted octanol–water partition coefficient (Wildman–Crippen LogP) is 1.92. The third-order valence-corrected chi connectivity index (χ3v) is 7.32. The van der Waals surface area contributed by atoms with E-state index in [-0.39, 0.29) is 4.90 Å². The summed E-state index contributed by atoms with van der Waals surface area (Å²) in [7, 11) is -0.437. The summed E-state index contributed by atoms with van der Waals surface area (Å²) in [5.74, 6) is 1.49. The maximum atomic E-state index is 12.4. The average Bonchev–Trinajstić information content (AvgIpc) is 3.27. The highest BCUT2D eigenvalue weighted by atomic mass is 32.2. The maximum absolute atomic E-state index is 12.4. The number of thioether (sulfide) groups is 1. The smallest absolute Gasteiger partial charge is 0.242 e. The Labute approximate surface area is 161 Å². The predicted molar refractivity (Wildman–Crippen MR) is 102 cm³/mol. The van der Waals surface area contributed by atoms with Crippen molar-refractivity contribution in [2.45, 2.75) is 48.2 Å². The number of nitrogens with zero attached hydrogens (tertiary/aromatic N) is 7. The van der Waals surface area contributed by atoms with Crippen LogP contribution in [0.25, 0.3) is 11.0 Å². The third kappa shape index (κ3) is 3.34. The molecule has 144 valence electrons. The Hall–Kier alpha value is -1.98. The normalized spacial score (nSPS) is 15.1. The Morgan fingerprint density at radius 2 is 2.07 bits per heavy atom. The molecule has 0 saturated heterocycles. The lowest BCUT2D eigenvalue weighted by atomic mass is 10.3. The topological polar surface area (TPSA) is 98.8 Å². The largest absolute Gasteiger partial charge is 0.328 e. The van der Waals surface area contributed by atoms with E-state index in [1.807, 2.05) is 17.7 Å². The third-order valence-electron chi connectivity index (χ3n) is 4.58. The van der Waals surface area contributed by atoms with Crippen LogP contribution in [-0.4, -0.2) is 56.6 Å². The lowest BCUT2D eigenvalue weighted by Gasteiger charge is -2.11. The van der Waals surface area contributed by atoms with Gasteiger partial charge in [0.2, 0.25) is 15.2 Å². The fourth-order valence-corrected chi connectivity index (χ4v) is 4.76. The molecule has 0 bridgehead atoms. The highest BCUT2D eigenvalue weighted by molar-refractivity contribution is 7.98. The first-order valence-electron chi connectivity index (χ1n) is 8.74. The summed E-state index contributed by atoms with van der Waals surface area (Å²) < 4.78 is 30.0. The first-order valence-corrected chi connectivity index (χ1v) is 11.2. The van der Waals surface area contributed by atoms with Crippen LogP contribution in [0.15, 0.2) is 28.3 Å². The Bertz CT molecular complexity index is 1080.